The first-order valence-corrected chi connectivity index (χ1v) is 6.13. The van der Waals surface area contributed by atoms with Gasteiger partial charge in [0.15, 0.2) is 5.13 Å². The van der Waals surface area contributed by atoms with E-state index < -0.39 is 17.5 Å². The highest BCUT2D eigenvalue weighted by atomic mass is 32.1. The van der Waals surface area contributed by atoms with Gasteiger partial charge < -0.3 is 15.6 Å². The van der Waals surface area contributed by atoms with Crippen LogP contribution in [-0.4, -0.2) is 28.1 Å². The maximum absolute atomic E-state index is 11.6. The molecule has 0 saturated carbocycles. The maximum Gasteiger partial charge on any atom is 0.345 e. The summed E-state index contributed by atoms with van der Waals surface area (Å²) in [6.45, 7) is 3.54. The Kier molecular flexibility index (Phi) is 4.85. The summed E-state index contributed by atoms with van der Waals surface area (Å²) in [7, 11) is 0. The second kappa shape index (κ2) is 6.15. The number of rotatable bonds is 5. The molecule has 0 bridgehead atoms. The van der Waals surface area contributed by atoms with Crippen LogP contribution in [0.4, 0.5) is 5.13 Å². The maximum atomic E-state index is 11.6. The Bertz CT molecular complexity index is 481. The lowest BCUT2D eigenvalue weighted by Gasteiger charge is -2.10. The van der Waals surface area contributed by atoms with Crippen molar-refractivity contribution in [3.63, 3.8) is 0 Å². The first-order valence-electron chi connectivity index (χ1n) is 5.31. The molecule has 1 atom stereocenters. The number of carboxylic acids is 1. The first kappa shape index (κ1) is 14.2. The molecule has 0 aliphatic rings. The first-order chi connectivity index (χ1) is 8.43. The molecule has 7 heteroatoms. The number of carbonyl (C=O) groups is 2. The number of esters is 1. The van der Waals surface area contributed by atoms with Crippen molar-refractivity contribution >= 4 is 34.5 Å². The SMILES string of the molecule is CCC(C)OC(=O)C(=Cc1cnc(N)s1)C(=O)O. The largest absolute Gasteiger partial charge is 0.477 e. The van der Waals surface area contributed by atoms with Gasteiger partial charge in [-0.15, -0.1) is 0 Å². The second-order valence-corrected chi connectivity index (χ2v) is 4.68. The number of nitrogens with two attached hydrogens (primary N) is 1. The zero-order valence-corrected chi connectivity index (χ0v) is 10.9. The van der Waals surface area contributed by atoms with Crippen LogP contribution in [0, 0.1) is 0 Å². The molecule has 0 aliphatic heterocycles. The topological polar surface area (TPSA) is 103 Å². The van der Waals surface area contributed by atoms with Crippen LogP contribution in [-0.2, 0) is 14.3 Å². The number of hydrogen-bond acceptors (Lipinski definition) is 6. The molecule has 1 unspecified atom stereocenters. The van der Waals surface area contributed by atoms with E-state index in [-0.39, 0.29) is 6.10 Å². The molecule has 0 radical (unpaired) electrons. The highest BCUT2D eigenvalue weighted by molar-refractivity contribution is 7.16. The third-order valence-electron chi connectivity index (χ3n) is 2.16. The average molecular weight is 270 g/mol. The number of aromatic nitrogens is 1. The van der Waals surface area contributed by atoms with Crippen molar-refractivity contribution in [1.29, 1.82) is 0 Å². The second-order valence-electron chi connectivity index (χ2n) is 3.59. The van der Waals surface area contributed by atoms with Gasteiger partial charge in [0.2, 0.25) is 0 Å². The fraction of sp³-hybridized carbons (Fsp3) is 0.364. The minimum atomic E-state index is -1.34. The Balaban J connectivity index is 2.92. The van der Waals surface area contributed by atoms with Crippen LogP contribution in [0.5, 0.6) is 0 Å². The quantitative estimate of drug-likeness (QED) is 0.364. The minimum absolute atomic E-state index is 0.307. The zero-order chi connectivity index (χ0) is 13.7. The number of aliphatic carboxylic acids is 1. The number of hydrogen-bond donors (Lipinski definition) is 2. The van der Waals surface area contributed by atoms with Gasteiger partial charge in [0.05, 0.1) is 11.0 Å². The predicted octanol–water partition coefficient (Wildman–Crippen LogP) is 1.53. The number of nitrogen functional groups attached to an aromatic ring is 1. The third kappa shape index (κ3) is 3.85. The highest BCUT2D eigenvalue weighted by Gasteiger charge is 2.21. The van der Waals surface area contributed by atoms with E-state index in [0.29, 0.717) is 16.4 Å². The van der Waals surface area contributed by atoms with Crippen LogP contribution in [0.25, 0.3) is 6.08 Å². The van der Waals surface area contributed by atoms with E-state index in [2.05, 4.69) is 4.98 Å². The summed E-state index contributed by atoms with van der Waals surface area (Å²) in [5, 5.41) is 9.29. The van der Waals surface area contributed by atoms with E-state index in [1.165, 1.54) is 12.3 Å². The van der Waals surface area contributed by atoms with Crippen molar-refractivity contribution in [3.8, 4) is 0 Å². The molecule has 1 heterocycles. The van der Waals surface area contributed by atoms with E-state index in [1.54, 1.807) is 6.92 Å². The van der Waals surface area contributed by atoms with E-state index in [9.17, 15) is 9.59 Å². The molecular weight excluding hydrogens is 256 g/mol. The van der Waals surface area contributed by atoms with Gasteiger partial charge in [-0.2, -0.15) is 0 Å². The minimum Gasteiger partial charge on any atom is -0.477 e. The summed E-state index contributed by atoms with van der Waals surface area (Å²) < 4.78 is 4.97. The van der Waals surface area contributed by atoms with Crippen LogP contribution < -0.4 is 5.73 Å². The van der Waals surface area contributed by atoms with Gasteiger partial charge in [0.25, 0.3) is 0 Å². The Morgan fingerprint density at radius 2 is 2.33 bits per heavy atom. The number of carbonyl (C=O) groups excluding carboxylic acids is 1. The monoisotopic (exact) mass is 270 g/mol. The van der Waals surface area contributed by atoms with Crippen molar-refractivity contribution in [3.05, 3.63) is 16.6 Å². The van der Waals surface area contributed by atoms with Gasteiger partial charge in [-0.25, -0.2) is 14.6 Å². The van der Waals surface area contributed by atoms with E-state index >= 15 is 0 Å². The van der Waals surface area contributed by atoms with Crippen molar-refractivity contribution in [2.75, 3.05) is 5.73 Å². The molecular formula is C11H14N2O4S. The Morgan fingerprint density at radius 3 is 2.78 bits per heavy atom. The molecule has 3 N–H and O–H groups in total. The highest BCUT2D eigenvalue weighted by Crippen LogP contribution is 2.18. The molecule has 0 saturated heterocycles. The van der Waals surface area contributed by atoms with Crippen LogP contribution in [0.3, 0.4) is 0 Å². The number of ether oxygens (including phenoxy) is 1. The Labute approximate surface area is 108 Å². The number of anilines is 1. The predicted molar refractivity (Wildman–Crippen MR) is 68.0 cm³/mol. The smallest absolute Gasteiger partial charge is 0.345 e. The summed E-state index contributed by atoms with van der Waals surface area (Å²) in [5.74, 6) is -2.20. The molecule has 0 amide bonds. The van der Waals surface area contributed by atoms with Crippen LogP contribution >= 0.6 is 11.3 Å². The molecule has 1 aromatic heterocycles. The van der Waals surface area contributed by atoms with Crippen LogP contribution in [0.1, 0.15) is 25.1 Å². The van der Waals surface area contributed by atoms with Gasteiger partial charge >= 0.3 is 11.9 Å². The summed E-state index contributed by atoms with van der Waals surface area (Å²) in [6, 6.07) is 0. The standard InChI is InChI=1S/C11H14N2O4S/c1-3-6(2)17-10(16)8(9(14)15)4-7-5-13-11(12)18-7/h4-6H,3H2,1-2H3,(H2,12,13)(H,14,15). The van der Waals surface area contributed by atoms with E-state index in [1.807, 2.05) is 6.92 Å². The zero-order valence-electron chi connectivity index (χ0n) is 10.0. The van der Waals surface area contributed by atoms with E-state index in [0.717, 1.165) is 11.3 Å². The fourth-order valence-electron chi connectivity index (χ4n) is 1.05. The molecule has 0 aliphatic carbocycles. The fourth-order valence-corrected chi connectivity index (χ4v) is 1.68. The molecule has 1 aromatic rings. The third-order valence-corrected chi connectivity index (χ3v) is 2.94. The van der Waals surface area contributed by atoms with Crippen LogP contribution in [0.2, 0.25) is 0 Å². The van der Waals surface area contributed by atoms with Crippen LogP contribution in [0.15, 0.2) is 11.8 Å². The molecule has 98 valence electrons. The Hall–Kier alpha value is -1.89. The van der Waals surface area contributed by atoms with Gasteiger partial charge in [0, 0.05) is 6.20 Å². The summed E-state index contributed by atoms with van der Waals surface area (Å²) in [6.07, 6.45) is 2.90. The van der Waals surface area contributed by atoms with E-state index in [4.69, 9.17) is 15.6 Å². The van der Waals surface area contributed by atoms with Crippen molar-refractivity contribution in [2.24, 2.45) is 0 Å². The molecule has 18 heavy (non-hydrogen) atoms. The summed E-state index contributed by atoms with van der Waals surface area (Å²) in [4.78, 5) is 26.9. The molecule has 0 aromatic carbocycles. The lowest BCUT2D eigenvalue weighted by atomic mass is 10.2. The summed E-state index contributed by atoms with van der Waals surface area (Å²) in [5.41, 5.74) is 4.99. The van der Waals surface area contributed by atoms with Crippen molar-refractivity contribution < 1.29 is 19.4 Å². The van der Waals surface area contributed by atoms with Gasteiger partial charge in [-0.1, -0.05) is 18.3 Å². The van der Waals surface area contributed by atoms with Crippen molar-refractivity contribution in [2.45, 2.75) is 26.4 Å². The van der Waals surface area contributed by atoms with Crippen molar-refractivity contribution in [1.82, 2.24) is 4.98 Å². The number of thiazole rings is 1. The normalized spacial score (nSPS) is 13.1. The molecule has 0 fully saturated rings. The average Bonchev–Trinajstić information content (AvgIpc) is 2.71. The lowest BCUT2D eigenvalue weighted by Crippen LogP contribution is -2.20. The Morgan fingerprint density at radius 1 is 1.67 bits per heavy atom. The summed E-state index contributed by atoms with van der Waals surface area (Å²) >= 11 is 1.09. The molecule has 1 rings (SSSR count). The van der Waals surface area contributed by atoms with Gasteiger partial charge in [-0.05, 0) is 19.4 Å². The molecule has 6 nitrogen and oxygen atoms in total. The van der Waals surface area contributed by atoms with Gasteiger partial charge in [-0.3, -0.25) is 0 Å². The lowest BCUT2D eigenvalue weighted by molar-refractivity contribution is -0.147. The number of nitrogens with zero attached hydrogens (tertiary/aromatic N) is 1. The number of carboxylic acid groups (broad SMARTS) is 1. The van der Waals surface area contributed by atoms with Gasteiger partial charge in [0.1, 0.15) is 5.57 Å². The molecule has 0 spiro atoms.